The zero-order valence-corrected chi connectivity index (χ0v) is 11.8. The molecule has 0 aromatic carbocycles. The minimum absolute atomic E-state index is 0.0324. The second kappa shape index (κ2) is 5.04. The summed E-state index contributed by atoms with van der Waals surface area (Å²) in [6, 6.07) is 4.05. The molecule has 102 valence electrons. The van der Waals surface area contributed by atoms with Gasteiger partial charge in [0.05, 0.1) is 0 Å². The van der Waals surface area contributed by atoms with E-state index in [-0.39, 0.29) is 5.78 Å². The van der Waals surface area contributed by atoms with Gasteiger partial charge in [0.15, 0.2) is 5.78 Å². The average Bonchev–Trinajstić information content (AvgIpc) is 2.47. The van der Waals surface area contributed by atoms with Gasteiger partial charge >= 0.3 is 0 Å². The number of fused-ring (bicyclic) bond motifs is 1. The summed E-state index contributed by atoms with van der Waals surface area (Å²) >= 11 is 0. The molecule has 0 spiro atoms. The second-order valence-corrected chi connectivity index (χ2v) is 5.25. The van der Waals surface area contributed by atoms with Crippen LogP contribution in [0, 0.1) is 0 Å². The van der Waals surface area contributed by atoms with E-state index in [0.29, 0.717) is 5.56 Å². The number of rotatable bonds is 2. The molecule has 0 fully saturated rings. The Morgan fingerprint density at radius 3 is 2.80 bits per heavy atom. The Morgan fingerprint density at radius 1 is 1.20 bits per heavy atom. The number of Topliss-reactive ketones (excluding diaryl/α,β-unsaturated/α-hetero) is 1. The molecule has 1 aliphatic heterocycles. The lowest BCUT2D eigenvalue weighted by atomic mass is 10.0. The molecular formula is C16H17N3O. The van der Waals surface area contributed by atoms with E-state index in [1.807, 2.05) is 12.3 Å². The number of carbonyl (C=O) groups excluding carboxylic acids is 1. The topological polar surface area (TPSA) is 46.1 Å². The molecule has 3 rings (SSSR count). The molecule has 0 aliphatic carbocycles. The normalized spacial score (nSPS) is 14.0. The number of ketones is 1. The van der Waals surface area contributed by atoms with Crippen LogP contribution >= 0.6 is 0 Å². The van der Waals surface area contributed by atoms with Gasteiger partial charge in [-0.15, -0.1) is 0 Å². The van der Waals surface area contributed by atoms with Crippen molar-refractivity contribution in [2.24, 2.45) is 0 Å². The SMILES string of the molecule is CC(=O)c1cncc(-c2cnc3c(c2)CCCN3C)c1. The molecule has 2 aromatic rings. The molecule has 4 nitrogen and oxygen atoms in total. The molecule has 0 radical (unpaired) electrons. The van der Waals surface area contributed by atoms with Crippen LogP contribution in [-0.2, 0) is 6.42 Å². The summed E-state index contributed by atoms with van der Waals surface area (Å²) in [6.07, 6.45) is 7.45. The lowest BCUT2D eigenvalue weighted by Crippen LogP contribution is -2.25. The lowest BCUT2D eigenvalue weighted by Gasteiger charge is -2.26. The van der Waals surface area contributed by atoms with Crippen molar-refractivity contribution in [2.75, 3.05) is 18.5 Å². The number of aryl methyl sites for hydroxylation is 1. The fourth-order valence-electron chi connectivity index (χ4n) is 2.59. The predicted octanol–water partition coefficient (Wildman–Crippen LogP) is 2.73. The highest BCUT2D eigenvalue weighted by molar-refractivity contribution is 5.94. The molecule has 0 saturated carbocycles. The quantitative estimate of drug-likeness (QED) is 0.785. The third-order valence-electron chi connectivity index (χ3n) is 3.72. The summed E-state index contributed by atoms with van der Waals surface area (Å²) in [5.41, 5.74) is 3.87. The van der Waals surface area contributed by atoms with E-state index in [1.165, 1.54) is 5.56 Å². The van der Waals surface area contributed by atoms with Crippen molar-refractivity contribution in [1.29, 1.82) is 0 Å². The Hall–Kier alpha value is -2.23. The first-order chi connectivity index (χ1) is 9.65. The van der Waals surface area contributed by atoms with Gasteiger partial charge in [-0.25, -0.2) is 4.98 Å². The maximum absolute atomic E-state index is 11.4. The molecule has 0 N–H and O–H groups in total. The molecule has 4 heteroatoms. The molecule has 0 saturated heterocycles. The Balaban J connectivity index is 2.03. The van der Waals surface area contributed by atoms with Gasteiger partial charge in [-0.3, -0.25) is 9.78 Å². The number of pyridine rings is 2. The molecule has 0 amide bonds. The van der Waals surface area contributed by atoms with Gasteiger partial charge in [0.25, 0.3) is 0 Å². The van der Waals surface area contributed by atoms with Crippen LogP contribution in [0.4, 0.5) is 5.82 Å². The van der Waals surface area contributed by atoms with E-state index >= 15 is 0 Å². The van der Waals surface area contributed by atoms with Crippen LogP contribution in [0.15, 0.2) is 30.7 Å². The second-order valence-electron chi connectivity index (χ2n) is 5.25. The summed E-state index contributed by atoms with van der Waals surface area (Å²) in [5.74, 6) is 1.10. The van der Waals surface area contributed by atoms with Crippen molar-refractivity contribution in [3.8, 4) is 11.1 Å². The number of aromatic nitrogens is 2. The van der Waals surface area contributed by atoms with Crippen LogP contribution in [0.3, 0.4) is 0 Å². The first-order valence-electron chi connectivity index (χ1n) is 6.81. The minimum Gasteiger partial charge on any atom is -0.359 e. The zero-order valence-electron chi connectivity index (χ0n) is 11.8. The monoisotopic (exact) mass is 267 g/mol. The molecule has 0 unspecified atom stereocenters. The Kier molecular flexibility index (Phi) is 3.22. The molecule has 0 atom stereocenters. The largest absolute Gasteiger partial charge is 0.359 e. The van der Waals surface area contributed by atoms with Crippen LogP contribution < -0.4 is 4.90 Å². The lowest BCUT2D eigenvalue weighted by molar-refractivity contribution is 0.101. The van der Waals surface area contributed by atoms with Crippen LogP contribution in [0.2, 0.25) is 0 Å². The van der Waals surface area contributed by atoms with Crippen molar-refractivity contribution in [3.63, 3.8) is 0 Å². The van der Waals surface area contributed by atoms with Crippen molar-refractivity contribution < 1.29 is 4.79 Å². The van der Waals surface area contributed by atoms with Gasteiger partial charge in [0.2, 0.25) is 0 Å². The van der Waals surface area contributed by atoms with Crippen LogP contribution in [0.25, 0.3) is 11.1 Å². The van der Waals surface area contributed by atoms with E-state index in [0.717, 1.165) is 36.3 Å². The Morgan fingerprint density at radius 2 is 2.00 bits per heavy atom. The van der Waals surface area contributed by atoms with Gasteiger partial charge < -0.3 is 4.90 Å². The maximum atomic E-state index is 11.4. The fourth-order valence-corrected chi connectivity index (χ4v) is 2.59. The summed E-state index contributed by atoms with van der Waals surface area (Å²) in [4.78, 5) is 22.3. The van der Waals surface area contributed by atoms with Crippen molar-refractivity contribution >= 4 is 11.6 Å². The first-order valence-corrected chi connectivity index (χ1v) is 6.81. The summed E-state index contributed by atoms with van der Waals surface area (Å²) in [6.45, 7) is 2.61. The summed E-state index contributed by atoms with van der Waals surface area (Å²) in [7, 11) is 2.07. The van der Waals surface area contributed by atoms with E-state index in [2.05, 4.69) is 28.0 Å². The Bertz CT molecular complexity index is 667. The van der Waals surface area contributed by atoms with Crippen LogP contribution in [0.5, 0.6) is 0 Å². The standard InChI is InChI=1S/C16H17N3O/c1-11(20)13-7-14(9-17-8-13)15-6-12-4-3-5-19(2)16(12)18-10-15/h6-10H,3-5H2,1-2H3. The molecule has 3 heterocycles. The smallest absolute Gasteiger partial charge is 0.161 e. The zero-order chi connectivity index (χ0) is 14.1. The highest BCUT2D eigenvalue weighted by atomic mass is 16.1. The highest BCUT2D eigenvalue weighted by Gasteiger charge is 2.16. The van der Waals surface area contributed by atoms with E-state index in [4.69, 9.17) is 0 Å². The van der Waals surface area contributed by atoms with E-state index in [9.17, 15) is 4.79 Å². The third kappa shape index (κ3) is 2.29. The highest BCUT2D eigenvalue weighted by Crippen LogP contribution is 2.28. The molecular weight excluding hydrogens is 250 g/mol. The van der Waals surface area contributed by atoms with Gasteiger partial charge in [0.1, 0.15) is 5.82 Å². The predicted molar refractivity (Wildman–Crippen MR) is 79.1 cm³/mol. The van der Waals surface area contributed by atoms with Gasteiger partial charge in [-0.2, -0.15) is 0 Å². The molecule has 0 bridgehead atoms. The van der Waals surface area contributed by atoms with Crippen molar-refractivity contribution in [3.05, 3.63) is 41.9 Å². The van der Waals surface area contributed by atoms with Crippen LogP contribution in [-0.4, -0.2) is 29.3 Å². The van der Waals surface area contributed by atoms with E-state index < -0.39 is 0 Å². The number of carbonyl (C=O) groups is 1. The fraction of sp³-hybridized carbons (Fsp3) is 0.312. The minimum atomic E-state index is 0.0324. The summed E-state index contributed by atoms with van der Waals surface area (Å²) < 4.78 is 0. The number of hydrogen-bond donors (Lipinski definition) is 0. The first kappa shape index (κ1) is 12.8. The Labute approximate surface area is 118 Å². The van der Waals surface area contributed by atoms with Gasteiger partial charge in [-0.05, 0) is 37.5 Å². The number of nitrogens with zero attached hydrogens (tertiary/aromatic N) is 3. The molecule has 20 heavy (non-hydrogen) atoms. The van der Waals surface area contributed by atoms with Crippen LogP contribution in [0.1, 0.15) is 29.3 Å². The summed E-state index contributed by atoms with van der Waals surface area (Å²) in [5, 5.41) is 0. The van der Waals surface area contributed by atoms with Crippen molar-refractivity contribution in [2.45, 2.75) is 19.8 Å². The van der Waals surface area contributed by atoms with E-state index in [1.54, 1.807) is 19.3 Å². The van der Waals surface area contributed by atoms with Crippen molar-refractivity contribution in [1.82, 2.24) is 9.97 Å². The number of anilines is 1. The number of hydrogen-bond acceptors (Lipinski definition) is 4. The average molecular weight is 267 g/mol. The molecule has 1 aliphatic rings. The maximum Gasteiger partial charge on any atom is 0.161 e. The van der Waals surface area contributed by atoms with Gasteiger partial charge in [-0.1, -0.05) is 0 Å². The third-order valence-corrected chi connectivity index (χ3v) is 3.72. The molecule has 2 aromatic heterocycles. The van der Waals surface area contributed by atoms with Gasteiger partial charge in [0, 0.05) is 48.9 Å².